The van der Waals surface area contributed by atoms with Crippen LogP contribution in [0.15, 0.2) is 12.5 Å². The number of ether oxygens (including phenoxy) is 1. The van der Waals surface area contributed by atoms with E-state index in [0.717, 1.165) is 32.7 Å². The van der Waals surface area contributed by atoms with Crippen LogP contribution >= 0.6 is 0 Å². The Balaban J connectivity index is 1.94. The quantitative estimate of drug-likeness (QED) is 0.764. The van der Waals surface area contributed by atoms with Crippen molar-refractivity contribution in [3.05, 3.63) is 18.2 Å². The van der Waals surface area contributed by atoms with E-state index in [0.29, 0.717) is 6.54 Å². The van der Waals surface area contributed by atoms with Gasteiger partial charge < -0.3 is 19.9 Å². The average molecular weight is 224 g/mol. The second-order valence-electron chi connectivity index (χ2n) is 4.33. The summed E-state index contributed by atoms with van der Waals surface area (Å²) in [6, 6.07) is 0. The molecule has 2 rings (SSSR count). The number of likely N-dealkylation sites (N-methyl/N-ethyl adjacent to an activating group) is 1. The summed E-state index contributed by atoms with van der Waals surface area (Å²) < 4.78 is 7.88. The molecule has 1 aromatic rings. The summed E-state index contributed by atoms with van der Waals surface area (Å²) in [5.41, 5.74) is 6.76. The fourth-order valence-electron chi connectivity index (χ4n) is 2.07. The van der Waals surface area contributed by atoms with E-state index in [2.05, 4.69) is 21.5 Å². The summed E-state index contributed by atoms with van der Waals surface area (Å²) >= 11 is 0. The largest absolute Gasteiger partial charge is 0.374 e. The minimum Gasteiger partial charge on any atom is -0.374 e. The molecule has 2 heterocycles. The van der Waals surface area contributed by atoms with Gasteiger partial charge in [0.25, 0.3) is 0 Å². The monoisotopic (exact) mass is 224 g/mol. The van der Waals surface area contributed by atoms with Gasteiger partial charge in [0.15, 0.2) is 0 Å². The summed E-state index contributed by atoms with van der Waals surface area (Å²) in [4.78, 5) is 6.46. The zero-order valence-corrected chi connectivity index (χ0v) is 9.80. The normalized spacial score (nSPS) is 22.5. The molecule has 16 heavy (non-hydrogen) atoms. The van der Waals surface area contributed by atoms with Crippen molar-refractivity contribution in [2.45, 2.75) is 19.1 Å². The highest BCUT2D eigenvalue weighted by Crippen LogP contribution is 2.08. The van der Waals surface area contributed by atoms with E-state index in [1.54, 1.807) is 0 Å². The van der Waals surface area contributed by atoms with Crippen LogP contribution in [0.1, 0.15) is 5.69 Å². The van der Waals surface area contributed by atoms with Crippen LogP contribution in [0, 0.1) is 0 Å². The topological polar surface area (TPSA) is 56.3 Å². The van der Waals surface area contributed by atoms with Crippen molar-refractivity contribution in [1.82, 2.24) is 14.5 Å². The SMILES string of the molecule is CN1CCOC(Cn2cncc2CCN)C1. The Morgan fingerprint density at radius 3 is 3.25 bits per heavy atom. The standard InChI is InChI=1S/C11H20N4O/c1-14-4-5-16-11(7-14)8-15-9-13-6-10(15)2-3-12/h6,9,11H,2-5,7-8,12H2,1H3. The number of morpholine rings is 1. The van der Waals surface area contributed by atoms with Crippen molar-refractivity contribution in [1.29, 1.82) is 0 Å². The zero-order valence-electron chi connectivity index (χ0n) is 9.80. The summed E-state index contributed by atoms with van der Waals surface area (Å²) in [7, 11) is 2.13. The van der Waals surface area contributed by atoms with Crippen LogP contribution in [0.3, 0.4) is 0 Å². The first-order chi connectivity index (χ1) is 7.79. The number of nitrogens with zero attached hydrogens (tertiary/aromatic N) is 3. The van der Waals surface area contributed by atoms with Crippen LogP contribution in [0.5, 0.6) is 0 Å². The van der Waals surface area contributed by atoms with Crippen molar-refractivity contribution in [3.63, 3.8) is 0 Å². The molecule has 0 spiro atoms. The van der Waals surface area contributed by atoms with Gasteiger partial charge in [0.1, 0.15) is 0 Å². The number of hydrogen-bond acceptors (Lipinski definition) is 4. The van der Waals surface area contributed by atoms with Gasteiger partial charge in [-0.15, -0.1) is 0 Å². The Labute approximate surface area is 96.2 Å². The van der Waals surface area contributed by atoms with Gasteiger partial charge in [0, 0.05) is 31.4 Å². The van der Waals surface area contributed by atoms with Crippen LogP contribution in [0.4, 0.5) is 0 Å². The predicted molar refractivity (Wildman–Crippen MR) is 62.2 cm³/mol. The molecule has 0 radical (unpaired) electrons. The van der Waals surface area contributed by atoms with Crippen molar-refractivity contribution in [2.24, 2.45) is 5.73 Å². The van der Waals surface area contributed by atoms with Gasteiger partial charge >= 0.3 is 0 Å². The number of nitrogens with two attached hydrogens (primary N) is 1. The molecule has 0 saturated carbocycles. The molecule has 1 fully saturated rings. The molecule has 0 aromatic carbocycles. The van der Waals surface area contributed by atoms with Gasteiger partial charge in [0.2, 0.25) is 0 Å². The number of imidazole rings is 1. The zero-order chi connectivity index (χ0) is 11.4. The van der Waals surface area contributed by atoms with Gasteiger partial charge in [-0.2, -0.15) is 0 Å². The average Bonchev–Trinajstić information content (AvgIpc) is 2.66. The molecule has 1 unspecified atom stereocenters. The van der Waals surface area contributed by atoms with E-state index in [-0.39, 0.29) is 6.10 Å². The molecule has 1 aromatic heterocycles. The van der Waals surface area contributed by atoms with E-state index in [4.69, 9.17) is 10.5 Å². The first-order valence-electron chi connectivity index (χ1n) is 5.79. The number of hydrogen-bond donors (Lipinski definition) is 1. The molecule has 0 amide bonds. The van der Waals surface area contributed by atoms with Crippen molar-refractivity contribution >= 4 is 0 Å². The summed E-state index contributed by atoms with van der Waals surface area (Å²) in [5.74, 6) is 0. The van der Waals surface area contributed by atoms with Crippen molar-refractivity contribution in [3.8, 4) is 0 Å². The van der Waals surface area contributed by atoms with Crippen LogP contribution in [0.2, 0.25) is 0 Å². The van der Waals surface area contributed by atoms with Gasteiger partial charge in [-0.3, -0.25) is 0 Å². The van der Waals surface area contributed by atoms with E-state index < -0.39 is 0 Å². The van der Waals surface area contributed by atoms with E-state index in [9.17, 15) is 0 Å². The highest BCUT2D eigenvalue weighted by molar-refractivity contribution is 4.99. The Morgan fingerprint density at radius 1 is 1.62 bits per heavy atom. The molecule has 2 N–H and O–H groups in total. The van der Waals surface area contributed by atoms with Crippen LogP contribution in [0.25, 0.3) is 0 Å². The molecule has 0 bridgehead atoms. The lowest BCUT2D eigenvalue weighted by Gasteiger charge is -2.30. The molecule has 0 aliphatic carbocycles. The second kappa shape index (κ2) is 5.43. The lowest BCUT2D eigenvalue weighted by molar-refractivity contribution is -0.0277. The van der Waals surface area contributed by atoms with Crippen LogP contribution in [-0.4, -0.2) is 53.8 Å². The maximum absolute atomic E-state index is 5.73. The van der Waals surface area contributed by atoms with Gasteiger partial charge in [-0.1, -0.05) is 0 Å². The molecule has 1 saturated heterocycles. The maximum Gasteiger partial charge on any atom is 0.0949 e. The first-order valence-corrected chi connectivity index (χ1v) is 5.79. The molecule has 5 heteroatoms. The Kier molecular flexibility index (Phi) is 3.93. The lowest BCUT2D eigenvalue weighted by Crippen LogP contribution is -2.42. The van der Waals surface area contributed by atoms with Crippen molar-refractivity contribution in [2.75, 3.05) is 33.3 Å². The smallest absolute Gasteiger partial charge is 0.0949 e. The molecular weight excluding hydrogens is 204 g/mol. The summed E-state index contributed by atoms with van der Waals surface area (Å²) in [6.45, 7) is 4.37. The number of rotatable bonds is 4. The Morgan fingerprint density at radius 2 is 2.50 bits per heavy atom. The van der Waals surface area contributed by atoms with E-state index in [1.807, 2.05) is 12.5 Å². The first kappa shape index (κ1) is 11.6. The minimum absolute atomic E-state index is 0.268. The number of aromatic nitrogens is 2. The fraction of sp³-hybridized carbons (Fsp3) is 0.727. The molecule has 1 aliphatic rings. The third-order valence-corrected chi connectivity index (χ3v) is 2.94. The van der Waals surface area contributed by atoms with E-state index in [1.165, 1.54) is 5.69 Å². The molecule has 1 atom stereocenters. The van der Waals surface area contributed by atoms with Crippen molar-refractivity contribution < 1.29 is 4.74 Å². The predicted octanol–water partition coefficient (Wildman–Crippen LogP) is -0.285. The second-order valence-corrected chi connectivity index (χ2v) is 4.33. The summed E-state index contributed by atoms with van der Waals surface area (Å²) in [5, 5.41) is 0. The van der Waals surface area contributed by atoms with Crippen LogP contribution in [-0.2, 0) is 17.7 Å². The van der Waals surface area contributed by atoms with Crippen LogP contribution < -0.4 is 5.73 Å². The highest BCUT2D eigenvalue weighted by Gasteiger charge is 2.18. The third kappa shape index (κ3) is 2.81. The van der Waals surface area contributed by atoms with E-state index >= 15 is 0 Å². The summed E-state index contributed by atoms with van der Waals surface area (Å²) in [6.07, 6.45) is 4.90. The fourth-order valence-corrected chi connectivity index (χ4v) is 2.07. The molecular formula is C11H20N4O. The minimum atomic E-state index is 0.268. The Hall–Kier alpha value is -0.910. The highest BCUT2D eigenvalue weighted by atomic mass is 16.5. The maximum atomic E-state index is 5.73. The van der Waals surface area contributed by atoms with Gasteiger partial charge in [0.05, 0.1) is 25.6 Å². The Bertz CT molecular complexity index is 326. The third-order valence-electron chi connectivity index (χ3n) is 2.94. The molecule has 90 valence electrons. The molecule has 5 nitrogen and oxygen atoms in total. The van der Waals surface area contributed by atoms with Gasteiger partial charge in [-0.25, -0.2) is 4.98 Å². The lowest BCUT2D eigenvalue weighted by atomic mass is 10.2. The molecule has 1 aliphatic heterocycles. The van der Waals surface area contributed by atoms with Gasteiger partial charge in [-0.05, 0) is 13.6 Å².